The zero-order valence-corrected chi connectivity index (χ0v) is 15.5. The van der Waals surface area contributed by atoms with Crippen LogP contribution in [0.4, 0.5) is 0 Å². The number of thiophene rings is 1. The van der Waals surface area contributed by atoms with E-state index in [1.54, 1.807) is 6.08 Å². The molecule has 1 heterocycles. The minimum Gasteiger partial charge on any atom is -0.478 e. The van der Waals surface area contributed by atoms with Crippen molar-refractivity contribution >= 4 is 29.0 Å². The Balaban J connectivity index is 1.75. The zero-order valence-electron chi connectivity index (χ0n) is 14.7. The van der Waals surface area contributed by atoms with Crippen molar-refractivity contribution < 1.29 is 14.6 Å². The number of carboxylic acid groups (broad SMARTS) is 1. The van der Waals surface area contributed by atoms with Crippen LogP contribution in [0.25, 0.3) is 11.6 Å². The molecule has 0 radical (unpaired) electrons. The van der Waals surface area contributed by atoms with Crippen molar-refractivity contribution in [3.63, 3.8) is 0 Å². The van der Waals surface area contributed by atoms with Crippen LogP contribution in [0.1, 0.15) is 35.8 Å². The van der Waals surface area contributed by atoms with Gasteiger partial charge in [0.2, 0.25) is 0 Å². The Morgan fingerprint density at radius 1 is 1.00 bits per heavy atom. The summed E-state index contributed by atoms with van der Waals surface area (Å²) in [6.45, 7) is 4.31. The Kier molecular flexibility index (Phi) is 5.54. The first kappa shape index (κ1) is 18.0. The number of carboxylic acids is 1. The summed E-state index contributed by atoms with van der Waals surface area (Å²) in [4.78, 5) is 12.2. The Labute approximate surface area is 157 Å². The van der Waals surface area contributed by atoms with E-state index in [4.69, 9.17) is 4.74 Å². The van der Waals surface area contributed by atoms with Crippen LogP contribution >= 0.6 is 11.3 Å². The summed E-state index contributed by atoms with van der Waals surface area (Å²) in [5, 5.41) is 11.3. The minimum absolute atomic E-state index is 0.290. The van der Waals surface area contributed by atoms with Crippen molar-refractivity contribution in [2.45, 2.75) is 19.8 Å². The summed E-state index contributed by atoms with van der Waals surface area (Å²) in [6.07, 6.45) is 1.68. The number of hydrogen-bond acceptors (Lipinski definition) is 3. The van der Waals surface area contributed by atoms with Crippen molar-refractivity contribution in [1.82, 2.24) is 0 Å². The van der Waals surface area contributed by atoms with Gasteiger partial charge in [0.15, 0.2) is 0 Å². The number of rotatable bonds is 6. The van der Waals surface area contributed by atoms with E-state index in [0.717, 1.165) is 16.2 Å². The molecular weight excluding hydrogens is 344 g/mol. The normalized spacial score (nSPS) is 11.6. The fourth-order valence-corrected chi connectivity index (χ4v) is 3.26. The second kappa shape index (κ2) is 8.02. The molecule has 4 heteroatoms. The molecule has 26 heavy (non-hydrogen) atoms. The third-order valence-electron chi connectivity index (χ3n) is 3.99. The molecule has 3 nitrogen and oxygen atoms in total. The Morgan fingerprint density at radius 2 is 1.62 bits per heavy atom. The Morgan fingerprint density at radius 3 is 2.12 bits per heavy atom. The van der Waals surface area contributed by atoms with E-state index in [0.29, 0.717) is 11.7 Å². The zero-order chi connectivity index (χ0) is 18.5. The Hall–Kier alpha value is -2.85. The Bertz CT molecular complexity index is 890. The first-order valence-electron chi connectivity index (χ1n) is 8.39. The maximum atomic E-state index is 11.5. The van der Waals surface area contributed by atoms with E-state index in [2.05, 4.69) is 26.0 Å². The summed E-state index contributed by atoms with van der Waals surface area (Å²) in [5.41, 5.74) is 2.38. The summed E-state index contributed by atoms with van der Waals surface area (Å²) in [6, 6.07) is 19.1. The molecule has 2 aromatic carbocycles. The van der Waals surface area contributed by atoms with Gasteiger partial charge in [0.25, 0.3) is 0 Å². The van der Waals surface area contributed by atoms with Crippen molar-refractivity contribution in [2.75, 3.05) is 0 Å². The van der Waals surface area contributed by atoms with E-state index >= 15 is 0 Å². The van der Waals surface area contributed by atoms with Gasteiger partial charge in [-0.1, -0.05) is 44.2 Å². The third kappa shape index (κ3) is 4.41. The van der Waals surface area contributed by atoms with E-state index < -0.39 is 5.97 Å². The van der Waals surface area contributed by atoms with Crippen molar-refractivity contribution in [2.24, 2.45) is 0 Å². The molecule has 0 amide bonds. The number of carbonyl (C=O) groups is 1. The minimum atomic E-state index is -0.932. The van der Waals surface area contributed by atoms with Gasteiger partial charge in [0.1, 0.15) is 11.5 Å². The highest BCUT2D eigenvalue weighted by atomic mass is 32.1. The summed E-state index contributed by atoms with van der Waals surface area (Å²) in [7, 11) is 0. The second-order valence-electron chi connectivity index (χ2n) is 6.24. The number of benzene rings is 2. The number of aliphatic carboxylic acids is 1. The predicted molar refractivity (Wildman–Crippen MR) is 107 cm³/mol. The van der Waals surface area contributed by atoms with Gasteiger partial charge in [-0.25, -0.2) is 4.79 Å². The first-order valence-corrected chi connectivity index (χ1v) is 9.27. The molecule has 0 atom stereocenters. The summed E-state index contributed by atoms with van der Waals surface area (Å²) in [5.74, 6) is 1.05. The molecule has 0 bridgehead atoms. The molecule has 0 saturated heterocycles. The largest absolute Gasteiger partial charge is 0.478 e. The lowest BCUT2D eigenvalue weighted by atomic mass is 10.0. The molecule has 0 aliphatic rings. The fourth-order valence-electron chi connectivity index (χ4n) is 2.53. The summed E-state index contributed by atoms with van der Waals surface area (Å²) >= 11 is 1.41. The van der Waals surface area contributed by atoms with Gasteiger partial charge in [-0.15, -0.1) is 11.3 Å². The molecule has 0 saturated carbocycles. The molecule has 0 aliphatic heterocycles. The van der Waals surface area contributed by atoms with E-state index in [9.17, 15) is 9.90 Å². The van der Waals surface area contributed by atoms with Gasteiger partial charge in [0, 0.05) is 4.88 Å². The van der Waals surface area contributed by atoms with Gasteiger partial charge in [-0.3, -0.25) is 0 Å². The molecule has 3 rings (SSSR count). The van der Waals surface area contributed by atoms with E-state index in [-0.39, 0.29) is 5.57 Å². The maximum Gasteiger partial charge on any atom is 0.337 e. The van der Waals surface area contributed by atoms with E-state index in [1.165, 1.54) is 16.9 Å². The smallest absolute Gasteiger partial charge is 0.337 e. The van der Waals surface area contributed by atoms with Crippen LogP contribution < -0.4 is 4.74 Å². The third-order valence-corrected chi connectivity index (χ3v) is 4.89. The number of ether oxygens (including phenoxy) is 1. The van der Waals surface area contributed by atoms with Crippen molar-refractivity contribution in [3.8, 4) is 11.5 Å². The SMILES string of the molecule is CC(C)c1ccc(Oc2ccc(/C=C(\C(=O)O)c3cccs3)cc2)cc1. The fraction of sp³-hybridized carbons (Fsp3) is 0.136. The summed E-state index contributed by atoms with van der Waals surface area (Å²) < 4.78 is 5.86. The molecule has 0 unspecified atom stereocenters. The van der Waals surface area contributed by atoms with Crippen LogP contribution in [0.2, 0.25) is 0 Å². The molecule has 0 fully saturated rings. The van der Waals surface area contributed by atoms with Crippen LogP contribution in [0.15, 0.2) is 66.0 Å². The average Bonchev–Trinajstić information content (AvgIpc) is 3.15. The highest BCUT2D eigenvalue weighted by Crippen LogP contribution is 2.26. The van der Waals surface area contributed by atoms with Gasteiger partial charge in [-0.2, -0.15) is 0 Å². The monoisotopic (exact) mass is 364 g/mol. The van der Waals surface area contributed by atoms with Crippen LogP contribution in [0, 0.1) is 0 Å². The quantitative estimate of drug-likeness (QED) is 0.523. The molecule has 1 aromatic heterocycles. The van der Waals surface area contributed by atoms with Crippen LogP contribution in [0.3, 0.4) is 0 Å². The lowest BCUT2D eigenvalue weighted by Gasteiger charge is -2.09. The molecule has 1 N–H and O–H groups in total. The lowest BCUT2D eigenvalue weighted by molar-refractivity contribution is -0.130. The van der Waals surface area contributed by atoms with Gasteiger partial charge >= 0.3 is 5.97 Å². The van der Waals surface area contributed by atoms with E-state index in [1.807, 2.05) is 53.9 Å². The predicted octanol–water partition coefficient (Wildman–Crippen LogP) is 6.29. The lowest BCUT2D eigenvalue weighted by Crippen LogP contribution is -1.97. The standard InChI is InChI=1S/C22H20O3S/c1-15(2)17-7-11-19(12-8-17)25-18-9-5-16(6-10-18)14-20(22(23)24)21-4-3-13-26-21/h3-15H,1-2H3,(H,23,24)/b20-14-. The first-order chi connectivity index (χ1) is 12.5. The second-order valence-corrected chi connectivity index (χ2v) is 7.18. The number of hydrogen-bond donors (Lipinski definition) is 1. The molecule has 0 spiro atoms. The van der Waals surface area contributed by atoms with Gasteiger partial charge < -0.3 is 9.84 Å². The van der Waals surface area contributed by atoms with Crippen molar-refractivity contribution in [1.29, 1.82) is 0 Å². The topological polar surface area (TPSA) is 46.5 Å². The maximum absolute atomic E-state index is 11.5. The van der Waals surface area contributed by atoms with Crippen molar-refractivity contribution in [3.05, 3.63) is 82.0 Å². The molecule has 3 aromatic rings. The van der Waals surface area contributed by atoms with Gasteiger partial charge in [-0.05, 0) is 58.8 Å². The highest BCUT2D eigenvalue weighted by molar-refractivity contribution is 7.11. The van der Waals surface area contributed by atoms with Crippen LogP contribution in [-0.4, -0.2) is 11.1 Å². The molecular formula is C22H20O3S. The molecule has 0 aliphatic carbocycles. The van der Waals surface area contributed by atoms with Gasteiger partial charge in [0.05, 0.1) is 5.57 Å². The average molecular weight is 364 g/mol. The highest BCUT2D eigenvalue weighted by Gasteiger charge is 2.11. The van der Waals surface area contributed by atoms with Crippen LogP contribution in [-0.2, 0) is 4.79 Å². The molecule has 132 valence electrons. The van der Waals surface area contributed by atoms with Crippen LogP contribution in [0.5, 0.6) is 11.5 Å².